The zero-order chi connectivity index (χ0) is 16.1. The van der Waals surface area contributed by atoms with Gasteiger partial charge in [-0.05, 0) is 51.6 Å². The van der Waals surface area contributed by atoms with Crippen LogP contribution in [0.1, 0.15) is 69.5 Å². The Hall–Kier alpha value is -1.43. The molecule has 3 rings (SSSR count). The van der Waals surface area contributed by atoms with Gasteiger partial charge < -0.3 is 14.7 Å². The van der Waals surface area contributed by atoms with Crippen LogP contribution >= 0.6 is 0 Å². The molecule has 1 saturated carbocycles. The number of aromatic nitrogens is 2. The average Bonchev–Trinajstić information content (AvgIpc) is 3.33. The number of amides is 1. The van der Waals surface area contributed by atoms with E-state index in [2.05, 4.69) is 27.3 Å². The summed E-state index contributed by atoms with van der Waals surface area (Å²) in [6.45, 7) is 5.04. The SMILES string of the molecule is CCCN(C(=O)CCCc1nc(C2CC2)no1)C1CCNCC1. The van der Waals surface area contributed by atoms with Gasteiger partial charge in [0.05, 0.1) is 0 Å². The quantitative estimate of drug-likeness (QED) is 0.795. The van der Waals surface area contributed by atoms with Gasteiger partial charge in [-0.3, -0.25) is 4.79 Å². The molecule has 0 radical (unpaired) electrons. The standard InChI is InChI=1S/C17H28N4O2/c1-2-12-21(14-8-10-18-11-9-14)16(22)5-3-4-15-19-17(20-23-15)13-6-7-13/h13-14,18H,2-12H2,1H3. The molecule has 2 fully saturated rings. The molecule has 1 aromatic heterocycles. The fourth-order valence-corrected chi connectivity index (χ4v) is 3.28. The highest BCUT2D eigenvalue weighted by atomic mass is 16.5. The Bertz CT molecular complexity index is 506. The first-order valence-corrected chi connectivity index (χ1v) is 9.10. The highest BCUT2D eigenvalue weighted by Crippen LogP contribution is 2.38. The zero-order valence-corrected chi connectivity index (χ0v) is 14.1. The fraction of sp³-hybridized carbons (Fsp3) is 0.824. The van der Waals surface area contributed by atoms with Crippen LogP contribution in [0, 0.1) is 0 Å². The van der Waals surface area contributed by atoms with Crippen molar-refractivity contribution in [3.05, 3.63) is 11.7 Å². The van der Waals surface area contributed by atoms with Crippen molar-refractivity contribution in [1.82, 2.24) is 20.4 Å². The van der Waals surface area contributed by atoms with Crippen molar-refractivity contribution in [3.63, 3.8) is 0 Å². The van der Waals surface area contributed by atoms with E-state index >= 15 is 0 Å². The Morgan fingerprint density at radius 3 is 2.78 bits per heavy atom. The molecule has 1 aromatic rings. The lowest BCUT2D eigenvalue weighted by Crippen LogP contribution is -2.46. The van der Waals surface area contributed by atoms with Crippen LogP contribution in [0.2, 0.25) is 0 Å². The molecule has 0 spiro atoms. The highest BCUT2D eigenvalue weighted by molar-refractivity contribution is 5.76. The van der Waals surface area contributed by atoms with E-state index in [0.29, 0.717) is 30.7 Å². The summed E-state index contributed by atoms with van der Waals surface area (Å²) in [5.41, 5.74) is 0. The van der Waals surface area contributed by atoms with Gasteiger partial charge in [-0.15, -0.1) is 0 Å². The Morgan fingerprint density at radius 2 is 2.09 bits per heavy atom. The van der Waals surface area contributed by atoms with Gasteiger partial charge in [-0.2, -0.15) is 4.98 Å². The second kappa shape index (κ2) is 7.90. The van der Waals surface area contributed by atoms with Crippen molar-refractivity contribution >= 4 is 5.91 Å². The molecule has 2 aliphatic rings. The van der Waals surface area contributed by atoms with Gasteiger partial charge in [0.15, 0.2) is 5.82 Å². The molecule has 0 unspecified atom stereocenters. The molecule has 128 valence electrons. The van der Waals surface area contributed by atoms with E-state index < -0.39 is 0 Å². The summed E-state index contributed by atoms with van der Waals surface area (Å²) < 4.78 is 5.28. The van der Waals surface area contributed by atoms with E-state index in [-0.39, 0.29) is 5.91 Å². The molecule has 1 N–H and O–H groups in total. The monoisotopic (exact) mass is 320 g/mol. The molecule has 0 bridgehead atoms. The van der Waals surface area contributed by atoms with E-state index in [9.17, 15) is 4.79 Å². The topological polar surface area (TPSA) is 71.3 Å². The number of hydrogen-bond acceptors (Lipinski definition) is 5. The van der Waals surface area contributed by atoms with Crippen molar-refractivity contribution in [2.24, 2.45) is 0 Å². The first kappa shape index (κ1) is 16.4. The molecule has 1 saturated heterocycles. The van der Waals surface area contributed by atoms with Crippen molar-refractivity contribution in [2.75, 3.05) is 19.6 Å². The van der Waals surface area contributed by atoms with Gasteiger partial charge in [-0.1, -0.05) is 12.1 Å². The lowest BCUT2D eigenvalue weighted by atomic mass is 10.0. The predicted octanol–water partition coefficient (Wildman–Crippen LogP) is 2.26. The fourth-order valence-electron chi connectivity index (χ4n) is 3.28. The minimum Gasteiger partial charge on any atom is -0.340 e. The van der Waals surface area contributed by atoms with Crippen LogP contribution in [0.15, 0.2) is 4.52 Å². The maximum atomic E-state index is 12.6. The van der Waals surface area contributed by atoms with Crippen molar-refractivity contribution in [1.29, 1.82) is 0 Å². The van der Waals surface area contributed by atoms with Gasteiger partial charge in [0.25, 0.3) is 0 Å². The summed E-state index contributed by atoms with van der Waals surface area (Å²) in [7, 11) is 0. The number of carbonyl (C=O) groups is 1. The maximum absolute atomic E-state index is 12.6. The lowest BCUT2D eigenvalue weighted by molar-refractivity contribution is -0.134. The summed E-state index contributed by atoms with van der Waals surface area (Å²) in [6, 6.07) is 0.411. The number of rotatable bonds is 8. The number of hydrogen-bond donors (Lipinski definition) is 1. The summed E-state index contributed by atoms with van der Waals surface area (Å²) in [5, 5.41) is 7.39. The second-order valence-corrected chi connectivity index (χ2v) is 6.74. The van der Waals surface area contributed by atoms with Crippen LogP contribution in [0.5, 0.6) is 0 Å². The van der Waals surface area contributed by atoms with Crippen molar-refractivity contribution in [2.45, 2.75) is 70.3 Å². The van der Waals surface area contributed by atoms with Gasteiger partial charge >= 0.3 is 0 Å². The Labute approximate surface area is 138 Å². The summed E-state index contributed by atoms with van der Waals surface area (Å²) in [6.07, 6.45) is 7.59. The van der Waals surface area contributed by atoms with Crippen molar-refractivity contribution < 1.29 is 9.32 Å². The summed E-state index contributed by atoms with van der Waals surface area (Å²) >= 11 is 0. The van der Waals surface area contributed by atoms with Crippen LogP contribution in [0.25, 0.3) is 0 Å². The van der Waals surface area contributed by atoms with Crippen molar-refractivity contribution in [3.8, 4) is 0 Å². The molecule has 1 amide bonds. The zero-order valence-electron chi connectivity index (χ0n) is 14.1. The Morgan fingerprint density at radius 1 is 1.30 bits per heavy atom. The third kappa shape index (κ3) is 4.53. The maximum Gasteiger partial charge on any atom is 0.226 e. The number of piperidine rings is 1. The first-order chi connectivity index (χ1) is 11.3. The Kier molecular flexibility index (Phi) is 5.65. The number of nitrogens with zero attached hydrogens (tertiary/aromatic N) is 3. The van der Waals surface area contributed by atoms with E-state index in [1.807, 2.05) is 0 Å². The number of aryl methyl sites for hydroxylation is 1. The third-order valence-corrected chi connectivity index (χ3v) is 4.74. The Balaban J connectivity index is 1.45. The number of nitrogens with one attached hydrogen (secondary N) is 1. The minimum absolute atomic E-state index is 0.278. The van der Waals surface area contributed by atoms with Crippen LogP contribution in [-0.4, -0.2) is 46.6 Å². The average molecular weight is 320 g/mol. The van der Waals surface area contributed by atoms with Gasteiger partial charge in [-0.25, -0.2) is 0 Å². The van der Waals surface area contributed by atoms with E-state index in [1.54, 1.807) is 0 Å². The second-order valence-electron chi connectivity index (χ2n) is 6.74. The summed E-state index contributed by atoms with van der Waals surface area (Å²) in [4.78, 5) is 19.1. The molecule has 1 aliphatic heterocycles. The van der Waals surface area contributed by atoms with Crippen LogP contribution in [0.4, 0.5) is 0 Å². The van der Waals surface area contributed by atoms with Gasteiger partial charge in [0, 0.05) is 31.3 Å². The molecule has 6 nitrogen and oxygen atoms in total. The molecule has 2 heterocycles. The lowest BCUT2D eigenvalue weighted by Gasteiger charge is -2.34. The van der Waals surface area contributed by atoms with Gasteiger partial charge in [0.1, 0.15) is 0 Å². The largest absolute Gasteiger partial charge is 0.340 e. The minimum atomic E-state index is 0.278. The normalized spacial score (nSPS) is 19.0. The molecule has 23 heavy (non-hydrogen) atoms. The van der Waals surface area contributed by atoms with Crippen LogP contribution < -0.4 is 5.32 Å². The van der Waals surface area contributed by atoms with Crippen LogP contribution in [0.3, 0.4) is 0 Å². The van der Waals surface area contributed by atoms with E-state index in [4.69, 9.17) is 4.52 Å². The molecular weight excluding hydrogens is 292 g/mol. The van der Waals surface area contributed by atoms with E-state index in [0.717, 1.165) is 51.1 Å². The predicted molar refractivity (Wildman–Crippen MR) is 87.1 cm³/mol. The van der Waals surface area contributed by atoms with Crippen LogP contribution in [-0.2, 0) is 11.2 Å². The molecule has 6 heteroatoms. The number of carbonyl (C=O) groups excluding carboxylic acids is 1. The first-order valence-electron chi connectivity index (χ1n) is 9.10. The molecule has 1 aliphatic carbocycles. The molecule has 0 atom stereocenters. The van der Waals surface area contributed by atoms with E-state index in [1.165, 1.54) is 12.8 Å². The third-order valence-electron chi connectivity index (χ3n) is 4.74. The summed E-state index contributed by atoms with van der Waals surface area (Å²) in [5.74, 6) is 2.34. The van der Waals surface area contributed by atoms with Gasteiger partial charge in [0.2, 0.25) is 11.8 Å². The molecular formula is C17H28N4O2. The highest BCUT2D eigenvalue weighted by Gasteiger charge is 2.29. The smallest absolute Gasteiger partial charge is 0.226 e. The molecule has 0 aromatic carbocycles.